The summed E-state index contributed by atoms with van der Waals surface area (Å²) in [4.78, 5) is 12.1. The predicted octanol–water partition coefficient (Wildman–Crippen LogP) is 3.69. The molecule has 6 nitrogen and oxygen atoms in total. The highest BCUT2D eigenvalue weighted by Crippen LogP contribution is 2.21. The third-order valence-corrected chi connectivity index (χ3v) is 5.67. The summed E-state index contributed by atoms with van der Waals surface area (Å²) in [5.41, 5.74) is 3.57. The maximum atomic E-state index is 12.1. The average Bonchev–Trinajstić information content (AvgIpc) is 2.95. The van der Waals surface area contributed by atoms with Gasteiger partial charge < -0.3 is 15.2 Å². The van der Waals surface area contributed by atoms with Gasteiger partial charge in [0.15, 0.2) is 0 Å². The first-order chi connectivity index (χ1) is 13.7. The Morgan fingerprint density at radius 2 is 1.70 bits per heavy atom. The minimum absolute atomic E-state index is 0. The van der Waals surface area contributed by atoms with Crippen LogP contribution in [-0.4, -0.2) is 26.4 Å². The lowest BCUT2D eigenvalue weighted by molar-refractivity contribution is 0.108. The van der Waals surface area contributed by atoms with Crippen LogP contribution in [0.2, 0.25) is 0 Å². The highest BCUT2D eigenvalue weighted by Gasteiger charge is 2.14. The average molecular weight is 434 g/mol. The Morgan fingerprint density at radius 3 is 2.33 bits per heavy atom. The van der Waals surface area contributed by atoms with Crippen molar-refractivity contribution in [3.05, 3.63) is 64.1 Å². The van der Waals surface area contributed by atoms with E-state index < -0.39 is 6.10 Å². The van der Waals surface area contributed by atoms with Crippen molar-refractivity contribution in [1.29, 1.82) is 0 Å². The van der Waals surface area contributed by atoms with Crippen LogP contribution < -0.4 is 15.7 Å². The number of aromatic nitrogens is 2. The minimum atomic E-state index is -0.776. The molecule has 0 radical (unpaired) electrons. The molecular weight excluding hydrogens is 402 g/mol. The third-order valence-electron chi connectivity index (χ3n) is 5.67. The molecule has 164 valence electrons. The van der Waals surface area contributed by atoms with Gasteiger partial charge in [0.1, 0.15) is 18.5 Å². The molecule has 0 fully saturated rings. The van der Waals surface area contributed by atoms with E-state index in [9.17, 15) is 9.90 Å². The summed E-state index contributed by atoms with van der Waals surface area (Å²) in [5, 5.41) is 14.1. The number of hydrogen-bond acceptors (Lipinski definition) is 4. The number of fused-ring (bicyclic) bond motifs is 1. The summed E-state index contributed by atoms with van der Waals surface area (Å²) in [6.07, 6.45) is 0.288. The highest BCUT2D eigenvalue weighted by molar-refractivity contribution is 5.85. The second-order valence-electron chi connectivity index (χ2n) is 8.21. The van der Waals surface area contributed by atoms with Gasteiger partial charge in [-0.1, -0.05) is 25.1 Å². The molecule has 1 aromatic heterocycles. The summed E-state index contributed by atoms with van der Waals surface area (Å²) in [5.74, 6) is 0.718. The van der Waals surface area contributed by atoms with Crippen molar-refractivity contribution in [2.75, 3.05) is 6.61 Å². The van der Waals surface area contributed by atoms with Crippen LogP contribution >= 0.6 is 12.4 Å². The lowest BCUT2D eigenvalue weighted by Crippen LogP contribution is -2.37. The van der Waals surface area contributed by atoms with E-state index in [0.29, 0.717) is 0 Å². The summed E-state index contributed by atoms with van der Waals surface area (Å²) < 4.78 is 8.95. The van der Waals surface area contributed by atoms with Crippen molar-refractivity contribution in [3.8, 4) is 5.75 Å². The SMILES string of the molecule is CCC(C)(C)NCc1ccc(OCC(O)c2ccc3c(c2)n(C)c(=O)n3C)cc1.Cl. The summed E-state index contributed by atoms with van der Waals surface area (Å²) >= 11 is 0. The molecular formula is C23H32ClN3O3. The van der Waals surface area contributed by atoms with Crippen molar-refractivity contribution in [3.63, 3.8) is 0 Å². The molecule has 0 aliphatic rings. The number of aliphatic hydroxyl groups excluding tert-OH is 1. The number of imidazole rings is 1. The summed E-state index contributed by atoms with van der Waals surface area (Å²) in [6, 6.07) is 13.4. The number of aryl methyl sites for hydroxylation is 2. The molecule has 7 heteroatoms. The van der Waals surface area contributed by atoms with Gasteiger partial charge in [-0.3, -0.25) is 9.13 Å². The Balaban J connectivity index is 0.00000320. The number of ether oxygens (including phenoxy) is 1. The maximum Gasteiger partial charge on any atom is 0.328 e. The smallest absolute Gasteiger partial charge is 0.328 e. The topological polar surface area (TPSA) is 68.4 Å². The Hall–Kier alpha value is -2.28. The minimum Gasteiger partial charge on any atom is -0.491 e. The van der Waals surface area contributed by atoms with Gasteiger partial charge in [-0.15, -0.1) is 12.4 Å². The van der Waals surface area contributed by atoms with Gasteiger partial charge in [-0.2, -0.15) is 0 Å². The summed E-state index contributed by atoms with van der Waals surface area (Å²) in [7, 11) is 3.47. The number of halogens is 1. The van der Waals surface area contributed by atoms with E-state index >= 15 is 0 Å². The van der Waals surface area contributed by atoms with Crippen LogP contribution in [-0.2, 0) is 20.6 Å². The molecule has 1 heterocycles. The standard InChI is InChI=1S/C23H31N3O3.ClH/c1-6-23(2,3)24-14-16-7-10-18(11-8-16)29-15-21(27)17-9-12-19-20(13-17)26(5)22(28)25(19)4;/h7-13,21,24,27H,6,14-15H2,1-5H3;1H. The van der Waals surface area contributed by atoms with Crippen LogP contribution in [0.25, 0.3) is 11.0 Å². The first-order valence-electron chi connectivity index (χ1n) is 10.0. The monoisotopic (exact) mass is 433 g/mol. The molecule has 0 aliphatic heterocycles. The van der Waals surface area contributed by atoms with Crippen molar-refractivity contribution in [2.45, 2.75) is 45.4 Å². The Bertz CT molecular complexity index is 1040. The molecule has 0 saturated carbocycles. The van der Waals surface area contributed by atoms with E-state index in [-0.39, 0.29) is 30.2 Å². The quantitative estimate of drug-likeness (QED) is 0.568. The molecule has 2 N–H and O–H groups in total. The number of rotatable bonds is 8. The van der Waals surface area contributed by atoms with Gasteiger partial charge in [0, 0.05) is 26.2 Å². The molecule has 30 heavy (non-hydrogen) atoms. The first-order valence-corrected chi connectivity index (χ1v) is 10.0. The van der Waals surface area contributed by atoms with Gasteiger partial charge in [0.25, 0.3) is 0 Å². The zero-order valence-electron chi connectivity index (χ0n) is 18.3. The molecule has 0 amide bonds. The second-order valence-corrected chi connectivity index (χ2v) is 8.21. The fourth-order valence-electron chi connectivity index (χ4n) is 3.17. The molecule has 2 aromatic carbocycles. The van der Waals surface area contributed by atoms with Crippen molar-refractivity contribution >= 4 is 23.4 Å². The number of nitrogens with one attached hydrogen (secondary N) is 1. The van der Waals surface area contributed by atoms with E-state index in [1.54, 1.807) is 23.2 Å². The van der Waals surface area contributed by atoms with Gasteiger partial charge in [-0.25, -0.2) is 4.79 Å². The zero-order chi connectivity index (χ0) is 21.2. The van der Waals surface area contributed by atoms with E-state index in [1.165, 1.54) is 5.56 Å². The van der Waals surface area contributed by atoms with Crippen LogP contribution in [0.3, 0.4) is 0 Å². The number of hydrogen-bond donors (Lipinski definition) is 2. The summed E-state index contributed by atoms with van der Waals surface area (Å²) in [6.45, 7) is 7.50. The second kappa shape index (κ2) is 9.69. The van der Waals surface area contributed by atoms with Crippen LogP contribution in [0.5, 0.6) is 5.75 Å². The molecule has 0 bridgehead atoms. The molecule has 0 aliphatic carbocycles. The maximum absolute atomic E-state index is 12.1. The Kier molecular flexibility index (Phi) is 7.75. The zero-order valence-corrected chi connectivity index (χ0v) is 19.1. The Labute approximate surface area is 183 Å². The molecule has 3 aromatic rings. The van der Waals surface area contributed by atoms with Crippen LogP contribution in [0.15, 0.2) is 47.3 Å². The largest absolute Gasteiger partial charge is 0.491 e. The molecule has 3 rings (SSSR count). The van der Waals surface area contributed by atoms with E-state index in [2.05, 4.69) is 26.1 Å². The molecule has 1 unspecified atom stereocenters. The molecule has 1 atom stereocenters. The lowest BCUT2D eigenvalue weighted by atomic mass is 10.0. The molecule has 0 saturated heterocycles. The highest BCUT2D eigenvalue weighted by atomic mass is 35.5. The van der Waals surface area contributed by atoms with Crippen molar-refractivity contribution < 1.29 is 9.84 Å². The Morgan fingerprint density at radius 1 is 1.07 bits per heavy atom. The van der Waals surface area contributed by atoms with Crippen molar-refractivity contribution in [2.24, 2.45) is 14.1 Å². The lowest BCUT2D eigenvalue weighted by Gasteiger charge is -2.24. The van der Waals surface area contributed by atoms with Crippen molar-refractivity contribution in [1.82, 2.24) is 14.5 Å². The number of aliphatic hydroxyl groups is 1. The van der Waals surface area contributed by atoms with Gasteiger partial charge >= 0.3 is 5.69 Å². The van der Waals surface area contributed by atoms with E-state index in [0.717, 1.165) is 35.3 Å². The van der Waals surface area contributed by atoms with Gasteiger partial charge in [0.2, 0.25) is 0 Å². The number of benzene rings is 2. The normalized spacial score (nSPS) is 12.6. The van der Waals surface area contributed by atoms with Gasteiger partial charge in [-0.05, 0) is 55.7 Å². The predicted molar refractivity (Wildman–Crippen MR) is 124 cm³/mol. The third kappa shape index (κ3) is 5.25. The van der Waals surface area contributed by atoms with Gasteiger partial charge in [0.05, 0.1) is 11.0 Å². The molecule has 0 spiro atoms. The van der Waals surface area contributed by atoms with E-state index in [1.807, 2.05) is 42.5 Å². The van der Waals surface area contributed by atoms with E-state index in [4.69, 9.17) is 4.74 Å². The van der Waals surface area contributed by atoms with Crippen LogP contribution in [0.1, 0.15) is 44.4 Å². The number of nitrogens with zero attached hydrogens (tertiary/aromatic N) is 2. The fraction of sp³-hybridized carbons (Fsp3) is 0.435. The van der Waals surface area contributed by atoms with Crippen LogP contribution in [0.4, 0.5) is 0 Å². The fourth-order valence-corrected chi connectivity index (χ4v) is 3.17. The first kappa shape index (κ1) is 24.0. The van der Waals surface area contributed by atoms with Crippen LogP contribution in [0, 0.1) is 0 Å².